The Balaban J connectivity index is 1.35. The topological polar surface area (TPSA) is 131 Å². The highest BCUT2D eigenvalue weighted by atomic mass is 32.2. The number of hydrogen-bond acceptors (Lipinski definition) is 10. The van der Waals surface area contributed by atoms with E-state index in [4.69, 9.17) is 0 Å². The number of aromatic nitrogens is 6. The Morgan fingerprint density at radius 3 is 2.89 bits per heavy atom. The summed E-state index contributed by atoms with van der Waals surface area (Å²) in [6, 6.07) is 7.41. The van der Waals surface area contributed by atoms with Gasteiger partial charge in [-0.15, -0.1) is 0 Å². The third-order valence-corrected chi connectivity index (χ3v) is 7.58. The minimum absolute atomic E-state index is 0.0448. The molecule has 186 valence electrons. The second kappa shape index (κ2) is 8.79. The van der Waals surface area contributed by atoms with Crippen molar-refractivity contribution < 1.29 is 12.8 Å². The second-order valence-corrected chi connectivity index (χ2v) is 11.7. The minimum atomic E-state index is -3.62. The van der Waals surface area contributed by atoms with E-state index >= 15 is 0 Å². The van der Waals surface area contributed by atoms with Crippen LogP contribution in [0, 0.1) is 5.82 Å². The number of hydrogen-bond donors (Lipinski definition) is 2. The third kappa shape index (κ3) is 4.82. The summed E-state index contributed by atoms with van der Waals surface area (Å²) in [5, 5.41) is 16.9. The summed E-state index contributed by atoms with van der Waals surface area (Å²) in [6.45, 7) is 5.61. The van der Waals surface area contributed by atoms with Crippen molar-refractivity contribution in [3.05, 3.63) is 36.3 Å². The first-order valence-corrected chi connectivity index (χ1v) is 13.4. The number of rotatable bonds is 6. The summed E-state index contributed by atoms with van der Waals surface area (Å²) in [5.74, 6) is -0.142. The Bertz CT molecular complexity index is 1340. The molecule has 3 aromatic rings. The molecule has 0 radical (unpaired) electrons. The maximum atomic E-state index is 14.6. The first kappa shape index (κ1) is 23.5. The smallest absolute Gasteiger partial charge is 0.272 e. The van der Waals surface area contributed by atoms with Crippen LogP contribution in [0.3, 0.4) is 0 Å². The van der Waals surface area contributed by atoms with Gasteiger partial charge in [0.25, 0.3) is 5.16 Å². The first-order valence-electron chi connectivity index (χ1n) is 11.5. The lowest BCUT2D eigenvalue weighted by Crippen LogP contribution is -2.55. The van der Waals surface area contributed by atoms with Crippen LogP contribution >= 0.6 is 0 Å². The zero-order chi connectivity index (χ0) is 24.8. The Hall–Kier alpha value is -3.19. The van der Waals surface area contributed by atoms with Crippen molar-refractivity contribution in [1.29, 1.82) is 0 Å². The summed E-state index contributed by atoms with van der Waals surface area (Å²) >= 11 is 0. The quantitative estimate of drug-likeness (QED) is 0.519. The van der Waals surface area contributed by atoms with Crippen LogP contribution < -0.4 is 10.6 Å². The van der Waals surface area contributed by atoms with E-state index in [-0.39, 0.29) is 28.5 Å². The van der Waals surface area contributed by atoms with Gasteiger partial charge in [-0.25, -0.2) is 17.8 Å². The SMILES string of the molecule is CC1(C)C[C@H](Nc2nc(Nc3cccc(-n4nnnc4S(C)(=O)=O)c3)ncc2F)C[C@@H]2CCCN21. The standard InChI is InChI=1S/C22H28FN9O2S/c1-22(2)12-15(11-16-8-5-9-31(16)22)25-19-18(23)13-24-20(27-19)26-14-6-4-7-17(10-14)32-21(28-29-30-32)35(3,33)34/h4,6-7,10,13,15-16H,5,8-9,11-12H2,1-3H3,(H2,24,25,26,27)/t15-,16+/m1/s1. The predicted molar refractivity (Wildman–Crippen MR) is 128 cm³/mol. The second-order valence-electron chi connectivity index (χ2n) is 9.79. The molecular formula is C22H28FN9O2S. The van der Waals surface area contributed by atoms with Crippen molar-refractivity contribution in [2.75, 3.05) is 23.4 Å². The maximum Gasteiger partial charge on any atom is 0.272 e. The largest absolute Gasteiger partial charge is 0.365 e. The lowest BCUT2D eigenvalue weighted by atomic mass is 9.84. The molecule has 4 heterocycles. The molecular weight excluding hydrogens is 473 g/mol. The Kier molecular flexibility index (Phi) is 5.91. The first-order chi connectivity index (χ1) is 16.6. The third-order valence-electron chi connectivity index (χ3n) is 6.66. The van der Waals surface area contributed by atoms with Crippen molar-refractivity contribution in [2.24, 2.45) is 0 Å². The number of piperidine rings is 1. The molecule has 11 nitrogen and oxygen atoms in total. The highest BCUT2D eigenvalue weighted by Gasteiger charge is 2.43. The highest BCUT2D eigenvalue weighted by molar-refractivity contribution is 7.90. The van der Waals surface area contributed by atoms with Crippen LogP contribution in [0.25, 0.3) is 5.69 Å². The molecule has 2 aliphatic rings. The van der Waals surface area contributed by atoms with E-state index in [1.807, 2.05) is 0 Å². The van der Waals surface area contributed by atoms with Gasteiger partial charge in [-0.2, -0.15) is 9.67 Å². The van der Waals surface area contributed by atoms with Gasteiger partial charge in [-0.3, -0.25) is 4.90 Å². The van der Waals surface area contributed by atoms with Gasteiger partial charge in [0.05, 0.1) is 11.9 Å². The van der Waals surface area contributed by atoms with Gasteiger partial charge < -0.3 is 10.6 Å². The molecule has 2 atom stereocenters. The Labute approximate surface area is 203 Å². The number of fused-ring (bicyclic) bond motifs is 1. The minimum Gasteiger partial charge on any atom is -0.365 e. The normalized spacial score (nSPS) is 22.1. The van der Waals surface area contributed by atoms with Gasteiger partial charge in [0.15, 0.2) is 11.6 Å². The zero-order valence-electron chi connectivity index (χ0n) is 19.8. The van der Waals surface area contributed by atoms with Gasteiger partial charge in [0, 0.05) is 29.6 Å². The number of nitrogens with one attached hydrogen (secondary N) is 2. The number of halogens is 1. The lowest BCUT2D eigenvalue weighted by Gasteiger charge is -2.47. The fraction of sp³-hybridized carbons (Fsp3) is 0.500. The molecule has 2 aliphatic heterocycles. The van der Waals surface area contributed by atoms with Crippen LogP contribution in [0.5, 0.6) is 0 Å². The van der Waals surface area contributed by atoms with Gasteiger partial charge in [-0.05, 0) is 74.7 Å². The van der Waals surface area contributed by atoms with Gasteiger partial charge in [-0.1, -0.05) is 11.2 Å². The number of benzene rings is 1. The van der Waals surface area contributed by atoms with Crippen molar-refractivity contribution >= 4 is 27.3 Å². The molecule has 5 rings (SSSR count). The summed E-state index contributed by atoms with van der Waals surface area (Å²) < 4.78 is 39.7. The number of nitrogens with zero attached hydrogens (tertiary/aromatic N) is 7. The lowest BCUT2D eigenvalue weighted by molar-refractivity contribution is 0.0500. The van der Waals surface area contributed by atoms with E-state index in [0.29, 0.717) is 17.4 Å². The maximum absolute atomic E-state index is 14.6. The van der Waals surface area contributed by atoms with E-state index in [1.54, 1.807) is 24.3 Å². The molecule has 2 saturated heterocycles. The van der Waals surface area contributed by atoms with E-state index in [9.17, 15) is 12.8 Å². The molecule has 0 saturated carbocycles. The van der Waals surface area contributed by atoms with Crippen molar-refractivity contribution in [1.82, 2.24) is 35.1 Å². The average Bonchev–Trinajstić information content (AvgIpc) is 3.46. The zero-order valence-corrected chi connectivity index (χ0v) is 20.6. The van der Waals surface area contributed by atoms with Crippen molar-refractivity contribution in [3.8, 4) is 5.69 Å². The van der Waals surface area contributed by atoms with E-state index in [1.165, 1.54) is 12.8 Å². The van der Waals surface area contributed by atoms with E-state index < -0.39 is 15.7 Å². The molecule has 2 N–H and O–H groups in total. The molecule has 0 aliphatic carbocycles. The molecule has 0 unspecified atom stereocenters. The number of sulfone groups is 1. The number of tetrazole rings is 1. The van der Waals surface area contributed by atoms with Crippen molar-refractivity contribution in [2.45, 2.75) is 62.3 Å². The summed E-state index contributed by atoms with van der Waals surface area (Å²) in [5.41, 5.74) is 1.05. The summed E-state index contributed by atoms with van der Waals surface area (Å²) in [4.78, 5) is 11.0. The molecule has 1 aromatic carbocycles. The molecule has 2 fully saturated rings. The average molecular weight is 502 g/mol. The van der Waals surface area contributed by atoms with Crippen LogP contribution in [0.15, 0.2) is 35.6 Å². The van der Waals surface area contributed by atoms with E-state index in [0.717, 1.165) is 36.5 Å². The summed E-state index contributed by atoms with van der Waals surface area (Å²) in [6.07, 6.45) is 6.39. The van der Waals surface area contributed by atoms with Gasteiger partial charge >= 0.3 is 0 Å². The highest BCUT2D eigenvalue weighted by Crippen LogP contribution is 2.38. The molecule has 13 heteroatoms. The van der Waals surface area contributed by atoms with Crippen LogP contribution in [0.2, 0.25) is 0 Å². The van der Waals surface area contributed by atoms with Crippen molar-refractivity contribution in [3.63, 3.8) is 0 Å². The molecule has 0 bridgehead atoms. The predicted octanol–water partition coefficient (Wildman–Crippen LogP) is 2.56. The van der Waals surface area contributed by atoms with Crippen LogP contribution in [0.4, 0.5) is 21.8 Å². The van der Waals surface area contributed by atoms with E-state index in [2.05, 4.69) is 54.9 Å². The van der Waals surface area contributed by atoms with Gasteiger partial charge in [0.2, 0.25) is 15.8 Å². The molecule has 0 spiro atoms. The van der Waals surface area contributed by atoms with Crippen LogP contribution in [-0.2, 0) is 9.84 Å². The number of anilines is 3. The Morgan fingerprint density at radius 1 is 1.26 bits per heavy atom. The Morgan fingerprint density at radius 2 is 2.09 bits per heavy atom. The van der Waals surface area contributed by atoms with Crippen LogP contribution in [-0.4, -0.2) is 73.9 Å². The fourth-order valence-corrected chi connectivity index (χ4v) is 5.90. The molecule has 35 heavy (non-hydrogen) atoms. The monoisotopic (exact) mass is 501 g/mol. The fourth-order valence-electron chi connectivity index (χ4n) is 5.26. The molecule has 0 amide bonds. The van der Waals surface area contributed by atoms with Gasteiger partial charge in [0.1, 0.15) is 0 Å². The molecule has 2 aromatic heterocycles. The van der Waals surface area contributed by atoms with Crippen LogP contribution in [0.1, 0.15) is 39.5 Å². The summed E-state index contributed by atoms with van der Waals surface area (Å²) in [7, 11) is -3.62.